The first-order valence-corrected chi connectivity index (χ1v) is 7.39. The molecule has 0 atom stereocenters. The van der Waals surface area contributed by atoms with E-state index in [1.54, 1.807) is 38.1 Å². The molecule has 0 spiro atoms. The van der Waals surface area contributed by atoms with Crippen molar-refractivity contribution in [2.75, 3.05) is 5.75 Å². The smallest absolute Gasteiger partial charge is 0.220 e. The lowest BCUT2D eigenvalue weighted by Gasteiger charge is -2.02. The third kappa shape index (κ3) is 2.39. The van der Waals surface area contributed by atoms with Gasteiger partial charge in [-0.1, -0.05) is 24.6 Å². The van der Waals surface area contributed by atoms with E-state index in [0.29, 0.717) is 16.5 Å². The fourth-order valence-electron chi connectivity index (χ4n) is 1.48. The highest BCUT2D eigenvalue weighted by atomic mass is 35.5. The fraction of sp³-hybridized carbons (Fsp3) is 0.273. The van der Waals surface area contributed by atoms with Crippen molar-refractivity contribution < 1.29 is 8.42 Å². The number of aryl methyl sites for hydroxylation is 1. The van der Waals surface area contributed by atoms with Gasteiger partial charge in [0.15, 0.2) is 0 Å². The predicted octanol–water partition coefficient (Wildman–Crippen LogP) is 2.02. The minimum absolute atomic E-state index is 0.0218. The van der Waals surface area contributed by atoms with Gasteiger partial charge in [-0.25, -0.2) is 18.1 Å². The van der Waals surface area contributed by atoms with Crippen LogP contribution in [0.25, 0.3) is 5.69 Å². The van der Waals surface area contributed by atoms with Crippen LogP contribution in [-0.2, 0) is 9.84 Å². The van der Waals surface area contributed by atoms with Crippen LogP contribution in [0.5, 0.6) is 0 Å². The first-order chi connectivity index (χ1) is 8.44. The Balaban J connectivity index is 2.55. The summed E-state index contributed by atoms with van der Waals surface area (Å²) in [5.74, 6) is 0.482. The Morgan fingerprint density at radius 1 is 1.39 bits per heavy atom. The molecule has 0 unspecified atom stereocenters. The monoisotopic (exact) mass is 285 g/mol. The highest BCUT2D eigenvalue weighted by Gasteiger charge is 2.19. The summed E-state index contributed by atoms with van der Waals surface area (Å²) in [5, 5.41) is 4.43. The number of rotatable bonds is 3. The van der Waals surface area contributed by atoms with Crippen LogP contribution in [0.3, 0.4) is 0 Å². The summed E-state index contributed by atoms with van der Waals surface area (Å²) >= 11 is 5.89. The first kappa shape index (κ1) is 13.0. The van der Waals surface area contributed by atoms with E-state index >= 15 is 0 Å². The topological polar surface area (TPSA) is 64.8 Å². The molecular weight excluding hydrogens is 274 g/mol. The average Bonchev–Trinajstić information content (AvgIpc) is 2.72. The molecule has 96 valence electrons. The van der Waals surface area contributed by atoms with Gasteiger partial charge in [-0.3, -0.25) is 0 Å². The molecule has 0 radical (unpaired) electrons. The summed E-state index contributed by atoms with van der Waals surface area (Å²) in [7, 11) is -3.39. The zero-order chi connectivity index (χ0) is 13.3. The molecular formula is C11H12ClN3O2S. The second-order valence-corrected chi connectivity index (χ2v) is 6.35. The molecule has 0 amide bonds. The van der Waals surface area contributed by atoms with Crippen LogP contribution in [0.15, 0.2) is 29.4 Å². The van der Waals surface area contributed by atoms with E-state index in [9.17, 15) is 8.42 Å². The Morgan fingerprint density at radius 2 is 2.11 bits per heavy atom. The SMILES string of the molecule is CCS(=O)(=O)c1nc(C)n(-c2cccc(Cl)c2)n1. The van der Waals surface area contributed by atoms with Gasteiger partial charge in [-0.15, -0.1) is 5.10 Å². The summed E-state index contributed by atoms with van der Waals surface area (Å²) in [4.78, 5) is 3.98. The van der Waals surface area contributed by atoms with Crippen molar-refractivity contribution >= 4 is 21.4 Å². The normalized spacial score (nSPS) is 11.7. The Morgan fingerprint density at radius 3 is 2.72 bits per heavy atom. The Labute approximate surface area is 110 Å². The van der Waals surface area contributed by atoms with Gasteiger partial charge in [-0.2, -0.15) is 0 Å². The number of hydrogen-bond donors (Lipinski definition) is 0. The van der Waals surface area contributed by atoms with E-state index in [1.807, 2.05) is 0 Å². The molecule has 0 N–H and O–H groups in total. The lowest BCUT2D eigenvalue weighted by molar-refractivity contribution is 0.587. The number of nitrogens with zero attached hydrogens (tertiary/aromatic N) is 3. The molecule has 0 aliphatic rings. The maximum atomic E-state index is 11.7. The minimum Gasteiger partial charge on any atom is -0.220 e. The first-order valence-electron chi connectivity index (χ1n) is 5.36. The zero-order valence-electron chi connectivity index (χ0n) is 9.96. The van der Waals surface area contributed by atoms with E-state index in [4.69, 9.17) is 11.6 Å². The molecule has 7 heteroatoms. The summed E-state index contributed by atoms with van der Waals surface area (Å²) in [5.41, 5.74) is 0.685. The van der Waals surface area contributed by atoms with Crippen molar-refractivity contribution in [2.24, 2.45) is 0 Å². The highest BCUT2D eigenvalue weighted by Crippen LogP contribution is 2.16. The zero-order valence-corrected chi connectivity index (χ0v) is 11.5. The Bertz CT molecular complexity index is 679. The molecule has 0 bridgehead atoms. The van der Waals surface area contributed by atoms with Crippen molar-refractivity contribution in [1.82, 2.24) is 14.8 Å². The number of aromatic nitrogens is 3. The third-order valence-electron chi connectivity index (χ3n) is 2.46. The molecule has 1 aromatic carbocycles. The van der Waals surface area contributed by atoms with Gasteiger partial charge >= 0.3 is 0 Å². The summed E-state index contributed by atoms with van der Waals surface area (Å²) in [6, 6.07) is 7.00. The molecule has 2 aromatic rings. The number of benzene rings is 1. The van der Waals surface area contributed by atoms with Gasteiger partial charge in [0.1, 0.15) is 5.82 Å². The summed E-state index contributed by atoms with van der Waals surface area (Å²) in [6.45, 7) is 3.26. The van der Waals surface area contributed by atoms with Crippen LogP contribution >= 0.6 is 11.6 Å². The van der Waals surface area contributed by atoms with Crippen LogP contribution in [0.1, 0.15) is 12.7 Å². The molecule has 0 saturated carbocycles. The maximum Gasteiger partial charge on any atom is 0.267 e. The maximum absolute atomic E-state index is 11.7. The number of hydrogen-bond acceptors (Lipinski definition) is 4. The van der Waals surface area contributed by atoms with Crippen LogP contribution in [0.4, 0.5) is 0 Å². The van der Waals surface area contributed by atoms with E-state index in [0.717, 1.165) is 0 Å². The highest BCUT2D eigenvalue weighted by molar-refractivity contribution is 7.91. The molecule has 0 aliphatic heterocycles. The molecule has 5 nitrogen and oxygen atoms in total. The van der Waals surface area contributed by atoms with Gasteiger partial charge in [-0.05, 0) is 25.1 Å². The Hall–Kier alpha value is -1.40. The number of halogens is 1. The molecule has 2 rings (SSSR count). The van der Waals surface area contributed by atoms with E-state index in [1.165, 1.54) is 4.68 Å². The molecule has 0 aliphatic carbocycles. The van der Waals surface area contributed by atoms with Gasteiger partial charge in [0.05, 0.1) is 11.4 Å². The largest absolute Gasteiger partial charge is 0.267 e. The number of sulfone groups is 1. The molecule has 1 aromatic heterocycles. The van der Waals surface area contributed by atoms with E-state index in [2.05, 4.69) is 10.1 Å². The van der Waals surface area contributed by atoms with Crippen molar-refractivity contribution in [3.8, 4) is 5.69 Å². The lowest BCUT2D eigenvalue weighted by atomic mass is 10.3. The lowest BCUT2D eigenvalue weighted by Crippen LogP contribution is -2.07. The standard InChI is InChI=1S/C11H12ClN3O2S/c1-3-18(16,17)11-13-8(2)15(14-11)10-6-4-5-9(12)7-10/h4-7H,3H2,1-2H3. The van der Waals surface area contributed by atoms with Gasteiger partial charge in [0.2, 0.25) is 9.84 Å². The molecule has 0 saturated heterocycles. The summed E-state index contributed by atoms with van der Waals surface area (Å²) < 4.78 is 24.9. The minimum atomic E-state index is -3.39. The van der Waals surface area contributed by atoms with E-state index in [-0.39, 0.29) is 10.9 Å². The van der Waals surface area contributed by atoms with Crippen molar-refractivity contribution in [3.05, 3.63) is 35.1 Å². The third-order valence-corrected chi connectivity index (χ3v) is 4.18. The second kappa shape index (κ2) is 4.70. The molecule has 0 fully saturated rings. The van der Waals surface area contributed by atoms with Crippen molar-refractivity contribution in [2.45, 2.75) is 19.0 Å². The second-order valence-electron chi connectivity index (χ2n) is 3.74. The van der Waals surface area contributed by atoms with Crippen LogP contribution in [0.2, 0.25) is 5.02 Å². The quantitative estimate of drug-likeness (QED) is 0.865. The Kier molecular flexibility index (Phi) is 3.41. The van der Waals surface area contributed by atoms with Crippen molar-refractivity contribution in [1.29, 1.82) is 0 Å². The van der Waals surface area contributed by atoms with Gasteiger partial charge in [0.25, 0.3) is 5.16 Å². The van der Waals surface area contributed by atoms with E-state index < -0.39 is 9.84 Å². The molecule has 18 heavy (non-hydrogen) atoms. The molecule has 1 heterocycles. The predicted molar refractivity (Wildman–Crippen MR) is 68.8 cm³/mol. The van der Waals surface area contributed by atoms with Crippen molar-refractivity contribution in [3.63, 3.8) is 0 Å². The fourth-order valence-corrected chi connectivity index (χ4v) is 2.40. The van der Waals surface area contributed by atoms with Crippen LogP contribution < -0.4 is 0 Å². The average molecular weight is 286 g/mol. The van der Waals surface area contributed by atoms with Crippen LogP contribution in [0, 0.1) is 6.92 Å². The van der Waals surface area contributed by atoms with Gasteiger partial charge in [0, 0.05) is 5.02 Å². The summed E-state index contributed by atoms with van der Waals surface area (Å²) in [6.07, 6.45) is 0. The van der Waals surface area contributed by atoms with Crippen LogP contribution in [-0.4, -0.2) is 28.9 Å². The van der Waals surface area contributed by atoms with Gasteiger partial charge < -0.3 is 0 Å².